The number of carbonyl (C=O) groups excluding carboxylic acids is 1. The maximum absolute atomic E-state index is 12.2. The van der Waals surface area contributed by atoms with E-state index >= 15 is 0 Å². The van der Waals surface area contributed by atoms with Crippen LogP contribution in [-0.2, 0) is 16.6 Å². The largest absolute Gasteiger partial charge is 0.435 e. The fourth-order valence-electron chi connectivity index (χ4n) is 3.12. The van der Waals surface area contributed by atoms with Gasteiger partial charge in [-0.25, -0.2) is 0 Å². The number of rotatable bonds is 8. The van der Waals surface area contributed by atoms with Crippen molar-refractivity contribution in [2.24, 2.45) is 0 Å². The highest BCUT2D eigenvalue weighted by molar-refractivity contribution is 5.78. The van der Waals surface area contributed by atoms with Gasteiger partial charge in [-0.3, -0.25) is 4.79 Å². The van der Waals surface area contributed by atoms with Crippen LogP contribution in [-0.4, -0.2) is 18.6 Å². The molecule has 2 aromatic rings. The number of hydrogen-bond donors (Lipinski definition) is 1. The Balaban J connectivity index is 1.87. The van der Waals surface area contributed by atoms with E-state index in [1.54, 1.807) is 12.1 Å². The van der Waals surface area contributed by atoms with Crippen LogP contribution < -0.4 is 10.1 Å². The first-order valence-corrected chi connectivity index (χ1v) is 8.65. The molecule has 3 nitrogen and oxygen atoms in total. The Morgan fingerprint density at radius 2 is 1.69 bits per heavy atom. The lowest BCUT2D eigenvalue weighted by molar-refractivity contribution is -0.121. The zero-order valence-corrected chi connectivity index (χ0v) is 15.3. The predicted octanol–water partition coefficient (Wildman–Crippen LogP) is 4.70. The average Bonchev–Trinajstić information content (AvgIpc) is 2.56. The van der Waals surface area contributed by atoms with E-state index < -0.39 is 6.61 Å². The third-order valence-corrected chi connectivity index (χ3v) is 4.29. The van der Waals surface area contributed by atoms with Crippen LogP contribution in [0.15, 0.2) is 54.6 Å². The van der Waals surface area contributed by atoms with Crippen molar-refractivity contribution in [3.05, 3.63) is 65.7 Å². The summed E-state index contributed by atoms with van der Waals surface area (Å²) in [5, 5.41) is 3.01. The van der Waals surface area contributed by atoms with Gasteiger partial charge in [0.05, 0.1) is 6.42 Å². The van der Waals surface area contributed by atoms with E-state index in [4.69, 9.17) is 0 Å². The van der Waals surface area contributed by atoms with E-state index in [9.17, 15) is 13.6 Å². The van der Waals surface area contributed by atoms with E-state index in [2.05, 4.69) is 36.0 Å². The fourth-order valence-corrected chi connectivity index (χ4v) is 3.12. The van der Waals surface area contributed by atoms with Crippen molar-refractivity contribution in [2.75, 3.05) is 0 Å². The van der Waals surface area contributed by atoms with Crippen molar-refractivity contribution in [1.29, 1.82) is 0 Å². The Morgan fingerprint density at radius 3 is 2.27 bits per heavy atom. The van der Waals surface area contributed by atoms with E-state index in [0.717, 1.165) is 12.0 Å². The van der Waals surface area contributed by atoms with E-state index in [0.29, 0.717) is 0 Å². The molecule has 0 bridgehead atoms. The van der Waals surface area contributed by atoms with Gasteiger partial charge in [0.25, 0.3) is 0 Å². The molecule has 0 aliphatic carbocycles. The third-order valence-electron chi connectivity index (χ3n) is 4.29. The van der Waals surface area contributed by atoms with E-state index in [1.165, 1.54) is 17.7 Å². The first-order valence-electron chi connectivity index (χ1n) is 8.65. The number of ether oxygens (including phenoxy) is 1. The Labute approximate surface area is 153 Å². The second kappa shape index (κ2) is 8.79. The van der Waals surface area contributed by atoms with Crippen LogP contribution in [0.5, 0.6) is 5.75 Å². The maximum Gasteiger partial charge on any atom is 0.387 e. The standard InChI is InChI=1S/C21H25F2NO2/c1-15(14-21(2,3)17-7-5-4-6-8-17)24-19(25)13-16-9-11-18(12-10-16)26-20(22)23/h4-12,15,20H,13-14H2,1-3H3,(H,24,25). The SMILES string of the molecule is CC(CC(C)(C)c1ccccc1)NC(=O)Cc1ccc(OC(F)F)cc1. The van der Waals surface area contributed by atoms with E-state index in [-0.39, 0.29) is 29.5 Å². The zero-order chi connectivity index (χ0) is 19.2. The summed E-state index contributed by atoms with van der Waals surface area (Å²) in [5.74, 6) is -0.00831. The molecule has 2 rings (SSSR count). The van der Waals surface area contributed by atoms with Gasteiger partial charge in [0.1, 0.15) is 5.75 Å². The Kier molecular flexibility index (Phi) is 6.72. The lowest BCUT2D eigenvalue weighted by Crippen LogP contribution is -2.38. The molecule has 1 unspecified atom stereocenters. The summed E-state index contributed by atoms with van der Waals surface area (Å²) in [4.78, 5) is 12.2. The molecule has 5 heteroatoms. The fraction of sp³-hybridized carbons (Fsp3) is 0.381. The van der Waals surface area contributed by atoms with Crippen LogP contribution in [0.3, 0.4) is 0 Å². The highest BCUT2D eigenvalue weighted by Gasteiger charge is 2.24. The molecule has 1 N–H and O–H groups in total. The molecule has 1 amide bonds. The summed E-state index contributed by atoms with van der Waals surface area (Å²) in [7, 11) is 0. The molecule has 140 valence electrons. The zero-order valence-electron chi connectivity index (χ0n) is 15.3. The van der Waals surface area contributed by atoms with Crippen molar-refractivity contribution >= 4 is 5.91 Å². The molecule has 1 atom stereocenters. The van der Waals surface area contributed by atoms with Gasteiger partial charge in [-0.2, -0.15) is 8.78 Å². The quantitative estimate of drug-likeness (QED) is 0.740. The van der Waals surface area contributed by atoms with Gasteiger partial charge in [-0.05, 0) is 42.0 Å². The molecule has 26 heavy (non-hydrogen) atoms. The molecule has 0 aromatic heterocycles. The number of nitrogens with one attached hydrogen (secondary N) is 1. The Bertz CT molecular complexity index is 700. The minimum Gasteiger partial charge on any atom is -0.435 e. The second-order valence-electron chi connectivity index (χ2n) is 7.12. The molecule has 0 heterocycles. The first kappa shape index (κ1) is 19.9. The lowest BCUT2D eigenvalue weighted by Gasteiger charge is -2.29. The Morgan fingerprint density at radius 1 is 1.08 bits per heavy atom. The van der Waals surface area contributed by atoms with Crippen molar-refractivity contribution in [2.45, 2.75) is 51.7 Å². The molecule has 0 radical (unpaired) electrons. The van der Waals surface area contributed by atoms with Gasteiger partial charge >= 0.3 is 6.61 Å². The lowest BCUT2D eigenvalue weighted by atomic mass is 9.79. The first-order chi connectivity index (χ1) is 12.3. The summed E-state index contributed by atoms with van der Waals surface area (Å²) >= 11 is 0. The van der Waals surface area contributed by atoms with Gasteiger partial charge < -0.3 is 10.1 Å². The second-order valence-corrected chi connectivity index (χ2v) is 7.12. The van der Waals surface area contributed by atoms with Crippen LogP contribution in [0.4, 0.5) is 8.78 Å². The average molecular weight is 361 g/mol. The highest BCUT2D eigenvalue weighted by atomic mass is 19.3. The topological polar surface area (TPSA) is 38.3 Å². The number of alkyl halides is 2. The van der Waals surface area contributed by atoms with E-state index in [1.807, 2.05) is 25.1 Å². The van der Waals surface area contributed by atoms with Crippen LogP contribution >= 0.6 is 0 Å². The normalized spacial score (nSPS) is 12.7. The minimum atomic E-state index is -2.85. The molecule has 0 aliphatic heterocycles. The summed E-state index contributed by atoms with van der Waals surface area (Å²) in [6, 6.07) is 16.3. The molecular formula is C21H25F2NO2. The van der Waals surface area contributed by atoms with Gasteiger partial charge in [0.2, 0.25) is 5.91 Å². The molecular weight excluding hydrogens is 336 g/mol. The number of amides is 1. The van der Waals surface area contributed by atoms with Crippen molar-refractivity contribution < 1.29 is 18.3 Å². The Hall–Kier alpha value is -2.43. The minimum absolute atomic E-state index is 0.0131. The molecule has 0 aliphatic rings. The van der Waals surface area contributed by atoms with Crippen molar-refractivity contribution in [3.8, 4) is 5.75 Å². The number of carbonyl (C=O) groups is 1. The monoisotopic (exact) mass is 361 g/mol. The maximum atomic E-state index is 12.2. The van der Waals surface area contributed by atoms with Crippen LogP contribution in [0.2, 0.25) is 0 Å². The number of benzene rings is 2. The van der Waals surface area contributed by atoms with Crippen molar-refractivity contribution in [3.63, 3.8) is 0 Å². The van der Waals surface area contributed by atoms with Gasteiger partial charge in [0.15, 0.2) is 0 Å². The third kappa shape index (κ3) is 6.14. The molecule has 2 aromatic carbocycles. The highest BCUT2D eigenvalue weighted by Crippen LogP contribution is 2.28. The predicted molar refractivity (Wildman–Crippen MR) is 98.5 cm³/mol. The van der Waals surface area contributed by atoms with Crippen LogP contribution in [0, 0.1) is 0 Å². The summed E-state index contributed by atoms with van der Waals surface area (Å²) in [5.41, 5.74) is 1.93. The number of halogens is 2. The summed E-state index contributed by atoms with van der Waals surface area (Å²) in [6.45, 7) is 3.46. The molecule has 0 saturated heterocycles. The van der Waals surface area contributed by atoms with Crippen molar-refractivity contribution in [1.82, 2.24) is 5.32 Å². The van der Waals surface area contributed by atoms with Crippen LogP contribution in [0.1, 0.15) is 38.3 Å². The summed E-state index contributed by atoms with van der Waals surface area (Å²) in [6.07, 6.45) is 1.01. The molecule has 0 spiro atoms. The van der Waals surface area contributed by atoms with Gasteiger partial charge in [-0.15, -0.1) is 0 Å². The molecule has 0 fully saturated rings. The number of hydrogen-bond acceptors (Lipinski definition) is 2. The van der Waals surface area contributed by atoms with Crippen LogP contribution in [0.25, 0.3) is 0 Å². The summed E-state index contributed by atoms with van der Waals surface area (Å²) < 4.78 is 28.6. The molecule has 0 saturated carbocycles. The van der Waals surface area contributed by atoms with Gasteiger partial charge in [0, 0.05) is 6.04 Å². The smallest absolute Gasteiger partial charge is 0.387 e. The van der Waals surface area contributed by atoms with Gasteiger partial charge in [-0.1, -0.05) is 56.3 Å².